The Morgan fingerprint density at radius 1 is 1.54 bits per heavy atom. The maximum absolute atomic E-state index is 9.95. The molecule has 13 heavy (non-hydrogen) atoms. The Balaban J connectivity index is 0.000000671. The van der Waals surface area contributed by atoms with Gasteiger partial charge in [0, 0.05) is 10.7 Å². The zero-order chi connectivity index (χ0) is 10.1. The van der Waals surface area contributed by atoms with E-state index in [0.717, 1.165) is 10.8 Å². The number of carbonyl (C=O) groups is 1. The van der Waals surface area contributed by atoms with E-state index >= 15 is 0 Å². The lowest BCUT2D eigenvalue weighted by atomic mass is 10.4. The molecule has 0 saturated carbocycles. The molecule has 0 aliphatic heterocycles. The van der Waals surface area contributed by atoms with Gasteiger partial charge in [-0.1, -0.05) is 13.8 Å². The minimum Gasteiger partial charge on any atom is -0.363 e. The van der Waals surface area contributed by atoms with Gasteiger partial charge in [-0.2, -0.15) is 0 Å². The van der Waals surface area contributed by atoms with Crippen molar-refractivity contribution in [3.8, 4) is 0 Å². The number of halogens is 1. The van der Waals surface area contributed by atoms with Gasteiger partial charge in [0.25, 0.3) is 0 Å². The van der Waals surface area contributed by atoms with Crippen LogP contribution in [0, 0.1) is 0 Å². The molecule has 0 spiro atoms. The number of carbonyl (C=O) groups excluding carboxylic acids is 1. The van der Waals surface area contributed by atoms with Gasteiger partial charge in [-0.15, -0.1) is 0 Å². The smallest absolute Gasteiger partial charge is 0.139 e. The fraction of sp³-hybridized carbons (Fsp3) is 0.333. The standard InChI is InChI=1S/C7H7BrN2O.C2H6/c8-6-1-2-7(10-5-6)9-3-4-11;1-2/h1-2,4-5H,3H2,(H,9,10);1-2H3. The molecule has 3 nitrogen and oxygen atoms in total. The normalized spacial score (nSPS) is 8.23. The van der Waals surface area contributed by atoms with Gasteiger partial charge < -0.3 is 10.1 Å². The summed E-state index contributed by atoms with van der Waals surface area (Å²) in [6.07, 6.45) is 2.47. The van der Waals surface area contributed by atoms with Gasteiger partial charge in [0.1, 0.15) is 12.1 Å². The van der Waals surface area contributed by atoms with Crippen molar-refractivity contribution < 1.29 is 4.79 Å². The molecule has 0 aliphatic rings. The van der Waals surface area contributed by atoms with Crippen LogP contribution in [-0.4, -0.2) is 17.8 Å². The van der Waals surface area contributed by atoms with Crippen LogP contribution in [0.15, 0.2) is 22.8 Å². The predicted molar refractivity (Wildman–Crippen MR) is 57.8 cm³/mol. The van der Waals surface area contributed by atoms with Crippen LogP contribution in [-0.2, 0) is 4.79 Å². The lowest BCUT2D eigenvalue weighted by Crippen LogP contribution is -2.03. The topological polar surface area (TPSA) is 42.0 Å². The molecule has 0 bridgehead atoms. The highest BCUT2D eigenvalue weighted by atomic mass is 79.9. The summed E-state index contributed by atoms with van der Waals surface area (Å²) < 4.78 is 0.925. The van der Waals surface area contributed by atoms with Gasteiger partial charge in [0.2, 0.25) is 0 Å². The van der Waals surface area contributed by atoms with Crippen molar-refractivity contribution in [2.24, 2.45) is 0 Å². The van der Waals surface area contributed by atoms with Crippen LogP contribution >= 0.6 is 15.9 Å². The number of aldehydes is 1. The maximum atomic E-state index is 9.95. The Labute approximate surface area is 86.7 Å². The second-order valence-electron chi connectivity index (χ2n) is 1.91. The Hall–Kier alpha value is -0.900. The van der Waals surface area contributed by atoms with E-state index in [1.54, 1.807) is 12.3 Å². The van der Waals surface area contributed by atoms with Gasteiger partial charge >= 0.3 is 0 Å². The van der Waals surface area contributed by atoms with Crippen molar-refractivity contribution in [3.05, 3.63) is 22.8 Å². The lowest BCUT2D eigenvalue weighted by Gasteiger charge is -1.98. The summed E-state index contributed by atoms with van der Waals surface area (Å²) in [5.74, 6) is 0.709. The summed E-state index contributed by atoms with van der Waals surface area (Å²) in [4.78, 5) is 13.9. The molecule has 0 fully saturated rings. The number of aromatic nitrogens is 1. The summed E-state index contributed by atoms with van der Waals surface area (Å²) in [6, 6.07) is 3.66. The summed E-state index contributed by atoms with van der Waals surface area (Å²) >= 11 is 3.25. The number of pyridine rings is 1. The van der Waals surface area contributed by atoms with Crippen LogP contribution in [0.1, 0.15) is 13.8 Å². The minimum atomic E-state index is 0.300. The third-order valence-corrected chi connectivity index (χ3v) is 1.56. The van der Waals surface area contributed by atoms with Gasteiger partial charge in [0.05, 0.1) is 6.54 Å². The number of rotatable bonds is 3. The highest BCUT2D eigenvalue weighted by Crippen LogP contribution is 2.09. The Morgan fingerprint density at radius 3 is 2.69 bits per heavy atom. The third-order valence-electron chi connectivity index (χ3n) is 1.09. The largest absolute Gasteiger partial charge is 0.363 e. The second-order valence-corrected chi connectivity index (χ2v) is 2.82. The molecule has 0 atom stereocenters. The van der Waals surface area contributed by atoms with Gasteiger partial charge in [-0.05, 0) is 28.1 Å². The zero-order valence-corrected chi connectivity index (χ0v) is 9.34. The quantitative estimate of drug-likeness (QED) is 0.832. The van der Waals surface area contributed by atoms with Crippen molar-refractivity contribution >= 4 is 28.0 Å². The first-order valence-electron chi connectivity index (χ1n) is 4.12. The fourth-order valence-electron chi connectivity index (χ4n) is 0.627. The molecule has 4 heteroatoms. The molecule has 0 aliphatic carbocycles. The van der Waals surface area contributed by atoms with Crippen molar-refractivity contribution in [1.29, 1.82) is 0 Å². The molecule has 0 aromatic carbocycles. The Morgan fingerprint density at radius 2 is 2.23 bits per heavy atom. The van der Waals surface area contributed by atoms with E-state index in [4.69, 9.17) is 0 Å². The minimum absolute atomic E-state index is 0.300. The lowest BCUT2D eigenvalue weighted by molar-refractivity contribution is -0.106. The first kappa shape index (κ1) is 12.1. The third kappa shape index (κ3) is 5.36. The van der Waals surface area contributed by atoms with E-state index in [2.05, 4.69) is 26.2 Å². The molecular weight excluding hydrogens is 232 g/mol. The average Bonchev–Trinajstić information content (AvgIpc) is 2.20. The molecule has 1 aromatic rings. The molecule has 1 aromatic heterocycles. The van der Waals surface area contributed by atoms with Gasteiger partial charge in [-0.25, -0.2) is 4.98 Å². The highest BCUT2D eigenvalue weighted by molar-refractivity contribution is 9.10. The zero-order valence-electron chi connectivity index (χ0n) is 7.75. The summed E-state index contributed by atoms with van der Waals surface area (Å²) in [6.45, 7) is 4.30. The van der Waals surface area contributed by atoms with Crippen LogP contribution in [0.4, 0.5) is 5.82 Å². The van der Waals surface area contributed by atoms with E-state index in [0.29, 0.717) is 12.4 Å². The summed E-state index contributed by atoms with van der Waals surface area (Å²) in [5.41, 5.74) is 0. The molecule has 0 saturated heterocycles. The molecule has 0 radical (unpaired) electrons. The highest BCUT2D eigenvalue weighted by Gasteiger charge is 1.90. The van der Waals surface area contributed by atoms with Crippen LogP contribution in [0.5, 0.6) is 0 Å². The Kier molecular flexibility index (Phi) is 7.20. The monoisotopic (exact) mass is 244 g/mol. The second kappa shape index (κ2) is 7.73. The van der Waals surface area contributed by atoms with Crippen LogP contribution in [0.2, 0.25) is 0 Å². The SMILES string of the molecule is CC.O=CCNc1ccc(Br)cn1. The van der Waals surface area contributed by atoms with Crippen LogP contribution in [0.3, 0.4) is 0 Å². The number of nitrogens with one attached hydrogen (secondary N) is 1. The maximum Gasteiger partial charge on any atom is 0.139 e. The molecule has 0 unspecified atom stereocenters. The molecular formula is C9H13BrN2O. The van der Waals surface area contributed by atoms with E-state index in [1.165, 1.54) is 0 Å². The molecule has 0 amide bonds. The van der Waals surface area contributed by atoms with E-state index < -0.39 is 0 Å². The first-order valence-corrected chi connectivity index (χ1v) is 4.91. The Bertz CT molecular complexity index is 236. The van der Waals surface area contributed by atoms with Crippen molar-refractivity contribution in [2.45, 2.75) is 13.8 Å². The molecule has 1 N–H and O–H groups in total. The van der Waals surface area contributed by atoms with Crippen molar-refractivity contribution in [1.82, 2.24) is 4.98 Å². The number of anilines is 1. The van der Waals surface area contributed by atoms with Crippen molar-refractivity contribution in [3.63, 3.8) is 0 Å². The number of hydrogen-bond acceptors (Lipinski definition) is 3. The summed E-state index contributed by atoms with van der Waals surface area (Å²) in [5, 5.41) is 2.82. The van der Waals surface area contributed by atoms with Crippen LogP contribution in [0.25, 0.3) is 0 Å². The van der Waals surface area contributed by atoms with Gasteiger partial charge in [-0.3, -0.25) is 0 Å². The van der Waals surface area contributed by atoms with Gasteiger partial charge in [0.15, 0.2) is 0 Å². The van der Waals surface area contributed by atoms with E-state index in [-0.39, 0.29) is 0 Å². The average molecular weight is 245 g/mol. The van der Waals surface area contributed by atoms with Crippen LogP contribution < -0.4 is 5.32 Å². The first-order chi connectivity index (χ1) is 6.33. The fourth-order valence-corrected chi connectivity index (χ4v) is 0.861. The number of hydrogen-bond donors (Lipinski definition) is 1. The summed E-state index contributed by atoms with van der Waals surface area (Å²) in [7, 11) is 0. The number of nitrogens with zero attached hydrogens (tertiary/aromatic N) is 1. The van der Waals surface area contributed by atoms with E-state index in [1.807, 2.05) is 19.9 Å². The molecule has 1 heterocycles. The predicted octanol–water partition coefficient (Wildman–Crippen LogP) is 2.48. The molecule has 1 rings (SSSR count). The molecule has 72 valence electrons. The van der Waals surface area contributed by atoms with Crippen molar-refractivity contribution in [2.75, 3.05) is 11.9 Å². The van der Waals surface area contributed by atoms with E-state index in [9.17, 15) is 4.79 Å².